The molecular formula is C7H11N3O4. The van der Waals surface area contributed by atoms with E-state index in [0.717, 1.165) is 4.57 Å². The van der Waals surface area contributed by atoms with Gasteiger partial charge < -0.3 is 5.11 Å². The Morgan fingerprint density at radius 2 is 1.79 bits per heavy atom. The normalized spacial score (nSPS) is 11.6. The number of carboxylic acids is 1. The van der Waals surface area contributed by atoms with Gasteiger partial charge in [0.05, 0.1) is 12.0 Å². The van der Waals surface area contributed by atoms with E-state index in [4.69, 9.17) is 5.11 Å². The standard InChI is InChI=1S/C7H11N3O4/c1-7(2,3-4(11)12)10-5(13)8-9-6(10)14/h3H2,1-2H3,(H,8,13)(H,9,14)(H,11,12). The summed E-state index contributed by atoms with van der Waals surface area (Å²) in [5.74, 6) is -1.07. The van der Waals surface area contributed by atoms with Crippen LogP contribution >= 0.6 is 0 Å². The van der Waals surface area contributed by atoms with Crippen molar-refractivity contribution in [2.45, 2.75) is 25.8 Å². The zero-order chi connectivity index (χ0) is 10.9. The van der Waals surface area contributed by atoms with Crippen molar-refractivity contribution in [3.05, 3.63) is 21.0 Å². The number of carbonyl (C=O) groups is 1. The van der Waals surface area contributed by atoms with Gasteiger partial charge in [-0.15, -0.1) is 0 Å². The van der Waals surface area contributed by atoms with Crippen molar-refractivity contribution in [2.24, 2.45) is 0 Å². The van der Waals surface area contributed by atoms with Gasteiger partial charge in [0.25, 0.3) is 0 Å². The van der Waals surface area contributed by atoms with Crippen molar-refractivity contribution < 1.29 is 9.90 Å². The number of aromatic amines is 2. The van der Waals surface area contributed by atoms with Crippen molar-refractivity contribution >= 4 is 5.97 Å². The molecule has 0 aliphatic carbocycles. The Balaban J connectivity index is 3.22. The molecule has 0 unspecified atom stereocenters. The maximum absolute atomic E-state index is 11.2. The van der Waals surface area contributed by atoms with Gasteiger partial charge in [-0.1, -0.05) is 0 Å². The Morgan fingerprint density at radius 3 is 2.14 bits per heavy atom. The third-order valence-corrected chi connectivity index (χ3v) is 1.87. The Kier molecular flexibility index (Phi) is 2.33. The lowest BCUT2D eigenvalue weighted by molar-refractivity contribution is -0.139. The number of nitrogens with zero attached hydrogens (tertiary/aromatic N) is 1. The van der Waals surface area contributed by atoms with E-state index in [1.54, 1.807) is 0 Å². The van der Waals surface area contributed by atoms with Crippen molar-refractivity contribution in [3.63, 3.8) is 0 Å². The highest BCUT2D eigenvalue weighted by Gasteiger charge is 2.27. The number of aromatic nitrogens is 3. The largest absolute Gasteiger partial charge is 0.481 e. The topological polar surface area (TPSA) is 108 Å². The summed E-state index contributed by atoms with van der Waals surface area (Å²) in [6.07, 6.45) is -0.298. The first-order valence-corrected chi connectivity index (χ1v) is 3.96. The molecule has 0 aromatic carbocycles. The molecule has 0 fully saturated rings. The maximum Gasteiger partial charge on any atom is 0.344 e. The first-order chi connectivity index (χ1) is 6.34. The van der Waals surface area contributed by atoms with Crippen LogP contribution in [0.1, 0.15) is 20.3 Å². The molecule has 78 valence electrons. The van der Waals surface area contributed by atoms with E-state index in [-0.39, 0.29) is 6.42 Å². The van der Waals surface area contributed by atoms with Gasteiger partial charge in [0.2, 0.25) is 0 Å². The molecule has 7 heteroatoms. The summed E-state index contributed by atoms with van der Waals surface area (Å²) in [5, 5.41) is 12.8. The third kappa shape index (κ3) is 1.76. The first-order valence-electron chi connectivity index (χ1n) is 3.96. The van der Waals surface area contributed by atoms with Gasteiger partial charge in [0, 0.05) is 0 Å². The Bertz CT molecular complexity index is 422. The minimum atomic E-state index is -1.07. The summed E-state index contributed by atoms with van der Waals surface area (Å²) >= 11 is 0. The lowest BCUT2D eigenvalue weighted by atomic mass is 10.0. The minimum absolute atomic E-state index is 0.298. The predicted octanol–water partition coefficient (Wildman–Crippen LogP) is -0.925. The quantitative estimate of drug-likeness (QED) is 0.587. The van der Waals surface area contributed by atoms with Crippen molar-refractivity contribution in [3.8, 4) is 0 Å². The molecule has 1 heterocycles. The first kappa shape index (κ1) is 10.3. The van der Waals surface area contributed by atoms with Crippen molar-refractivity contribution in [1.82, 2.24) is 14.8 Å². The number of carboxylic acid groups (broad SMARTS) is 1. The van der Waals surface area contributed by atoms with E-state index in [1.807, 2.05) is 0 Å². The Morgan fingerprint density at radius 1 is 1.36 bits per heavy atom. The molecule has 1 rings (SSSR count). The molecule has 0 saturated heterocycles. The van der Waals surface area contributed by atoms with E-state index < -0.39 is 22.9 Å². The number of hydrogen-bond acceptors (Lipinski definition) is 3. The van der Waals surface area contributed by atoms with Gasteiger partial charge in [0.15, 0.2) is 0 Å². The highest BCUT2D eigenvalue weighted by molar-refractivity contribution is 5.67. The molecule has 7 nitrogen and oxygen atoms in total. The average molecular weight is 201 g/mol. The van der Waals surface area contributed by atoms with Crippen LogP contribution in [-0.4, -0.2) is 25.8 Å². The number of H-pyrrole nitrogens is 2. The van der Waals surface area contributed by atoms with E-state index in [9.17, 15) is 14.4 Å². The van der Waals surface area contributed by atoms with Crippen LogP contribution in [-0.2, 0) is 10.3 Å². The molecular weight excluding hydrogens is 190 g/mol. The van der Waals surface area contributed by atoms with Crippen LogP contribution in [0.4, 0.5) is 0 Å². The highest BCUT2D eigenvalue weighted by atomic mass is 16.4. The van der Waals surface area contributed by atoms with Crippen molar-refractivity contribution in [1.29, 1.82) is 0 Å². The van der Waals surface area contributed by atoms with Gasteiger partial charge in [0.1, 0.15) is 0 Å². The second-order valence-corrected chi connectivity index (χ2v) is 3.58. The zero-order valence-corrected chi connectivity index (χ0v) is 7.83. The average Bonchev–Trinajstić information content (AvgIpc) is 2.27. The van der Waals surface area contributed by atoms with E-state index >= 15 is 0 Å². The molecule has 1 aromatic heterocycles. The van der Waals surface area contributed by atoms with Gasteiger partial charge in [-0.3, -0.25) is 4.79 Å². The molecule has 0 aliphatic heterocycles. The lowest BCUT2D eigenvalue weighted by Gasteiger charge is -2.21. The summed E-state index contributed by atoms with van der Waals surface area (Å²) < 4.78 is 0.848. The molecule has 0 radical (unpaired) electrons. The van der Waals surface area contributed by atoms with Crippen LogP contribution in [0.15, 0.2) is 9.59 Å². The zero-order valence-electron chi connectivity index (χ0n) is 7.83. The van der Waals surface area contributed by atoms with Gasteiger partial charge >= 0.3 is 17.3 Å². The van der Waals surface area contributed by atoms with Gasteiger partial charge in [-0.05, 0) is 13.8 Å². The Labute approximate surface area is 78.4 Å². The van der Waals surface area contributed by atoms with Crippen LogP contribution in [0, 0.1) is 0 Å². The van der Waals surface area contributed by atoms with Crippen LogP contribution in [0.5, 0.6) is 0 Å². The molecule has 1 aromatic rings. The smallest absolute Gasteiger partial charge is 0.344 e. The summed E-state index contributed by atoms with van der Waals surface area (Å²) in [6, 6.07) is 0. The summed E-state index contributed by atoms with van der Waals surface area (Å²) in [4.78, 5) is 32.8. The number of aliphatic carboxylic acids is 1. The number of nitrogens with one attached hydrogen (secondary N) is 2. The fourth-order valence-electron chi connectivity index (χ4n) is 1.31. The maximum atomic E-state index is 11.2. The second kappa shape index (κ2) is 3.17. The third-order valence-electron chi connectivity index (χ3n) is 1.87. The van der Waals surface area contributed by atoms with E-state index in [1.165, 1.54) is 13.8 Å². The van der Waals surface area contributed by atoms with Crippen molar-refractivity contribution in [2.75, 3.05) is 0 Å². The summed E-state index contributed by atoms with van der Waals surface area (Å²) in [6.45, 7) is 3.01. The lowest BCUT2D eigenvalue weighted by Crippen LogP contribution is -2.42. The molecule has 0 bridgehead atoms. The minimum Gasteiger partial charge on any atom is -0.481 e. The molecule has 0 atom stereocenters. The van der Waals surface area contributed by atoms with Gasteiger partial charge in [-0.2, -0.15) is 0 Å². The highest BCUT2D eigenvalue weighted by Crippen LogP contribution is 2.14. The fourth-order valence-corrected chi connectivity index (χ4v) is 1.31. The SMILES string of the molecule is CC(C)(CC(=O)O)n1c(=O)[nH][nH]c1=O. The Hall–Kier alpha value is -1.79. The molecule has 0 amide bonds. The number of rotatable bonds is 3. The molecule has 0 aliphatic rings. The second-order valence-electron chi connectivity index (χ2n) is 3.58. The predicted molar refractivity (Wildman–Crippen MR) is 47.2 cm³/mol. The van der Waals surface area contributed by atoms with E-state index in [2.05, 4.69) is 10.2 Å². The molecule has 0 spiro atoms. The monoisotopic (exact) mass is 201 g/mol. The van der Waals surface area contributed by atoms with Crippen LogP contribution in [0.2, 0.25) is 0 Å². The molecule has 3 N–H and O–H groups in total. The molecule has 14 heavy (non-hydrogen) atoms. The van der Waals surface area contributed by atoms with Crippen LogP contribution < -0.4 is 11.4 Å². The van der Waals surface area contributed by atoms with E-state index in [0.29, 0.717) is 0 Å². The summed E-state index contributed by atoms with van der Waals surface area (Å²) in [5.41, 5.74) is -2.32. The fraction of sp³-hybridized carbons (Fsp3) is 0.571. The van der Waals surface area contributed by atoms with Crippen LogP contribution in [0.25, 0.3) is 0 Å². The summed E-state index contributed by atoms with van der Waals surface area (Å²) in [7, 11) is 0. The van der Waals surface area contributed by atoms with Gasteiger partial charge in [-0.25, -0.2) is 24.4 Å². The molecule has 0 saturated carbocycles. The van der Waals surface area contributed by atoms with Crippen LogP contribution in [0.3, 0.4) is 0 Å². The number of hydrogen-bond donors (Lipinski definition) is 3.